The molecular formula is C9H10F2N2O3. The molecule has 0 amide bonds. The Morgan fingerprint density at radius 1 is 1.69 bits per heavy atom. The number of hydrogen-bond donors (Lipinski definition) is 2. The van der Waals surface area contributed by atoms with E-state index in [0.29, 0.717) is 0 Å². The standard InChI is InChI=1S/C9H10F2N2O3/c1-16-8-4(3-6(14)15)2-5(12)13-7(8)9(10)11/h2,9H,3H2,1H3,(H2,12,13)(H,14,15). The number of alkyl halides is 2. The molecule has 0 saturated carbocycles. The van der Waals surface area contributed by atoms with Gasteiger partial charge in [-0.2, -0.15) is 0 Å². The summed E-state index contributed by atoms with van der Waals surface area (Å²) >= 11 is 0. The van der Waals surface area contributed by atoms with Crippen molar-refractivity contribution < 1.29 is 23.4 Å². The Hall–Kier alpha value is -1.92. The zero-order valence-corrected chi connectivity index (χ0v) is 8.41. The number of hydrogen-bond acceptors (Lipinski definition) is 4. The minimum absolute atomic E-state index is 0.0813. The molecule has 7 heteroatoms. The largest absolute Gasteiger partial charge is 0.494 e. The highest BCUT2D eigenvalue weighted by Crippen LogP contribution is 2.31. The number of aromatic nitrogens is 1. The Balaban J connectivity index is 3.29. The van der Waals surface area contributed by atoms with E-state index in [1.165, 1.54) is 13.2 Å². The molecule has 0 aliphatic heterocycles. The smallest absolute Gasteiger partial charge is 0.307 e. The summed E-state index contributed by atoms with van der Waals surface area (Å²) < 4.78 is 29.9. The number of nitrogen functional groups attached to an aromatic ring is 1. The number of carbonyl (C=O) groups is 1. The Bertz CT molecular complexity index is 410. The van der Waals surface area contributed by atoms with Gasteiger partial charge in [-0.25, -0.2) is 13.8 Å². The lowest BCUT2D eigenvalue weighted by molar-refractivity contribution is -0.136. The van der Waals surface area contributed by atoms with Crippen molar-refractivity contribution in [2.45, 2.75) is 12.8 Å². The third-order valence-corrected chi connectivity index (χ3v) is 1.85. The summed E-state index contributed by atoms with van der Waals surface area (Å²) in [6, 6.07) is 1.21. The number of aliphatic carboxylic acids is 1. The van der Waals surface area contributed by atoms with E-state index in [0.717, 1.165) is 0 Å². The van der Waals surface area contributed by atoms with Crippen molar-refractivity contribution in [3.05, 3.63) is 17.3 Å². The Morgan fingerprint density at radius 3 is 2.75 bits per heavy atom. The van der Waals surface area contributed by atoms with Crippen molar-refractivity contribution in [2.75, 3.05) is 12.8 Å². The van der Waals surface area contributed by atoms with Crippen LogP contribution in [0.5, 0.6) is 5.75 Å². The molecule has 0 aliphatic carbocycles. The van der Waals surface area contributed by atoms with E-state index >= 15 is 0 Å². The Labute approximate surface area is 89.9 Å². The zero-order chi connectivity index (χ0) is 12.3. The van der Waals surface area contributed by atoms with Crippen molar-refractivity contribution >= 4 is 11.8 Å². The minimum atomic E-state index is -2.87. The second kappa shape index (κ2) is 4.73. The Kier molecular flexibility index (Phi) is 3.60. The molecule has 3 N–H and O–H groups in total. The third-order valence-electron chi connectivity index (χ3n) is 1.85. The van der Waals surface area contributed by atoms with E-state index in [2.05, 4.69) is 4.98 Å². The number of carboxylic acid groups (broad SMARTS) is 1. The first-order valence-electron chi connectivity index (χ1n) is 4.29. The minimum Gasteiger partial charge on any atom is -0.494 e. The molecule has 0 bridgehead atoms. The van der Waals surface area contributed by atoms with Gasteiger partial charge in [0.25, 0.3) is 6.43 Å². The summed E-state index contributed by atoms with van der Waals surface area (Å²) in [6.45, 7) is 0. The maximum absolute atomic E-state index is 12.6. The maximum Gasteiger partial charge on any atom is 0.307 e. The second-order valence-corrected chi connectivity index (χ2v) is 3.00. The molecule has 0 aromatic carbocycles. The highest BCUT2D eigenvalue weighted by Gasteiger charge is 2.21. The average molecular weight is 232 g/mol. The van der Waals surface area contributed by atoms with Gasteiger partial charge < -0.3 is 15.6 Å². The van der Waals surface area contributed by atoms with E-state index in [9.17, 15) is 13.6 Å². The molecule has 1 rings (SSSR count). The number of nitrogens with zero attached hydrogens (tertiary/aromatic N) is 1. The zero-order valence-electron chi connectivity index (χ0n) is 8.41. The van der Waals surface area contributed by atoms with Crippen LogP contribution in [-0.2, 0) is 11.2 Å². The lowest BCUT2D eigenvalue weighted by Gasteiger charge is -2.12. The molecule has 1 heterocycles. The van der Waals surface area contributed by atoms with Crippen LogP contribution in [0.15, 0.2) is 6.07 Å². The lowest BCUT2D eigenvalue weighted by Crippen LogP contribution is -2.08. The fourth-order valence-electron chi connectivity index (χ4n) is 1.31. The van der Waals surface area contributed by atoms with Crippen LogP contribution in [0.2, 0.25) is 0 Å². The van der Waals surface area contributed by atoms with E-state index in [-0.39, 0.29) is 17.1 Å². The van der Waals surface area contributed by atoms with Crippen LogP contribution in [-0.4, -0.2) is 23.2 Å². The number of halogens is 2. The quantitative estimate of drug-likeness (QED) is 0.815. The molecule has 0 spiro atoms. The monoisotopic (exact) mass is 232 g/mol. The van der Waals surface area contributed by atoms with Crippen LogP contribution < -0.4 is 10.5 Å². The topological polar surface area (TPSA) is 85.4 Å². The summed E-state index contributed by atoms with van der Waals surface area (Å²) in [7, 11) is 1.17. The van der Waals surface area contributed by atoms with Crippen molar-refractivity contribution in [1.82, 2.24) is 4.98 Å². The van der Waals surface area contributed by atoms with Gasteiger partial charge in [-0.1, -0.05) is 0 Å². The highest BCUT2D eigenvalue weighted by molar-refractivity contribution is 5.72. The molecule has 1 aromatic heterocycles. The Morgan fingerprint density at radius 2 is 2.31 bits per heavy atom. The van der Waals surface area contributed by atoms with Gasteiger partial charge in [0, 0.05) is 5.56 Å². The first-order chi connectivity index (χ1) is 7.45. The fraction of sp³-hybridized carbons (Fsp3) is 0.333. The molecule has 1 aromatic rings. The molecule has 0 atom stereocenters. The molecule has 0 radical (unpaired) electrons. The number of anilines is 1. The molecular weight excluding hydrogens is 222 g/mol. The van der Waals surface area contributed by atoms with Crippen LogP contribution >= 0.6 is 0 Å². The number of rotatable bonds is 4. The van der Waals surface area contributed by atoms with Gasteiger partial charge in [-0.3, -0.25) is 4.79 Å². The van der Waals surface area contributed by atoms with Crippen LogP contribution in [0.25, 0.3) is 0 Å². The van der Waals surface area contributed by atoms with Gasteiger partial charge in [0.15, 0.2) is 5.69 Å². The number of methoxy groups -OCH3 is 1. The molecule has 16 heavy (non-hydrogen) atoms. The van der Waals surface area contributed by atoms with Gasteiger partial charge in [-0.05, 0) is 6.07 Å². The summed E-state index contributed by atoms with van der Waals surface area (Å²) in [6.07, 6.45) is -3.32. The number of pyridine rings is 1. The molecule has 0 aliphatic rings. The number of ether oxygens (including phenoxy) is 1. The predicted octanol–water partition coefficient (Wildman–Crippen LogP) is 1.24. The third kappa shape index (κ3) is 2.56. The second-order valence-electron chi connectivity index (χ2n) is 3.00. The van der Waals surface area contributed by atoms with Gasteiger partial charge >= 0.3 is 5.97 Å². The maximum atomic E-state index is 12.6. The summed E-state index contributed by atoms with van der Waals surface area (Å²) in [5.74, 6) is -1.55. The molecule has 88 valence electrons. The first kappa shape index (κ1) is 12.2. The van der Waals surface area contributed by atoms with Crippen LogP contribution in [0.3, 0.4) is 0 Å². The normalized spacial score (nSPS) is 10.5. The fourth-order valence-corrected chi connectivity index (χ4v) is 1.31. The van der Waals surface area contributed by atoms with Crippen molar-refractivity contribution in [3.8, 4) is 5.75 Å². The van der Waals surface area contributed by atoms with Crippen molar-refractivity contribution in [1.29, 1.82) is 0 Å². The molecule has 0 unspecified atom stereocenters. The first-order valence-corrected chi connectivity index (χ1v) is 4.29. The highest BCUT2D eigenvalue weighted by atomic mass is 19.3. The predicted molar refractivity (Wildman–Crippen MR) is 51.5 cm³/mol. The van der Waals surface area contributed by atoms with Crippen LogP contribution in [0.4, 0.5) is 14.6 Å². The number of nitrogens with two attached hydrogens (primary N) is 1. The van der Waals surface area contributed by atoms with Gasteiger partial charge in [0.2, 0.25) is 0 Å². The van der Waals surface area contributed by atoms with Crippen molar-refractivity contribution in [2.24, 2.45) is 0 Å². The van der Waals surface area contributed by atoms with E-state index < -0.39 is 24.5 Å². The summed E-state index contributed by atoms with van der Waals surface area (Å²) in [5, 5.41) is 8.60. The SMILES string of the molecule is COc1c(CC(=O)O)cc(N)nc1C(F)F. The summed E-state index contributed by atoms with van der Waals surface area (Å²) in [5.41, 5.74) is 4.74. The average Bonchev–Trinajstić information content (AvgIpc) is 2.15. The van der Waals surface area contributed by atoms with Gasteiger partial charge in [0.1, 0.15) is 11.6 Å². The van der Waals surface area contributed by atoms with E-state index in [4.69, 9.17) is 15.6 Å². The van der Waals surface area contributed by atoms with Crippen molar-refractivity contribution in [3.63, 3.8) is 0 Å². The van der Waals surface area contributed by atoms with E-state index in [1.807, 2.05) is 0 Å². The lowest BCUT2D eigenvalue weighted by atomic mass is 10.1. The molecule has 5 nitrogen and oxygen atoms in total. The summed E-state index contributed by atoms with van der Waals surface area (Å²) in [4.78, 5) is 13.9. The van der Waals surface area contributed by atoms with Crippen LogP contribution in [0, 0.1) is 0 Å². The molecule has 0 fully saturated rings. The van der Waals surface area contributed by atoms with Gasteiger partial charge in [0.05, 0.1) is 13.5 Å². The van der Waals surface area contributed by atoms with Gasteiger partial charge in [-0.15, -0.1) is 0 Å². The van der Waals surface area contributed by atoms with Crippen LogP contribution in [0.1, 0.15) is 17.7 Å². The van der Waals surface area contributed by atoms with E-state index in [1.54, 1.807) is 0 Å². The number of carboxylic acids is 1. The molecule has 0 saturated heterocycles.